The first-order valence-corrected chi connectivity index (χ1v) is 8.61. The number of hydrogen-bond acceptors (Lipinski definition) is 1. The molecule has 0 aromatic heterocycles. The van der Waals surface area contributed by atoms with Gasteiger partial charge in [0.25, 0.3) is 0 Å². The Morgan fingerprint density at radius 3 is 2.62 bits per heavy atom. The summed E-state index contributed by atoms with van der Waals surface area (Å²) in [5.41, 5.74) is 2.33. The van der Waals surface area contributed by atoms with E-state index < -0.39 is 0 Å². The van der Waals surface area contributed by atoms with Gasteiger partial charge >= 0.3 is 0 Å². The first kappa shape index (κ1) is 16.7. The number of hydrogen-bond donors (Lipinski definition) is 1. The molecular weight excluding hydrogens is 397 g/mol. The summed E-state index contributed by atoms with van der Waals surface area (Å²) in [6, 6.07) is 13.4. The molecule has 1 nitrogen and oxygen atoms in total. The zero-order valence-electron chi connectivity index (χ0n) is 11.9. The number of halogens is 3. The van der Waals surface area contributed by atoms with Gasteiger partial charge in [-0.3, -0.25) is 0 Å². The van der Waals surface area contributed by atoms with Crippen LogP contribution in [0, 0.1) is 5.82 Å². The van der Waals surface area contributed by atoms with Crippen LogP contribution in [-0.2, 0) is 6.42 Å². The fourth-order valence-corrected chi connectivity index (χ4v) is 3.19. The van der Waals surface area contributed by atoms with Gasteiger partial charge in [-0.15, -0.1) is 0 Å². The zero-order chi connectivity index (χ0) is 15.2. The minimum atomic E-state index is -0.217. The monoisotopic (exact) mass is 413 g/mol. The molecule has 0 aliphatic carbocycles. The van der Waals surface area contributed by atoms with Crippen LogP contribution in [0.25, 0.3) is 0 Å². The molecule has 0 saturated heterocycles. The van der Waals surface area contributed by atoms with E-state index in [1.165, 1.54) is 17.7 Å². The minimum Gasteiger partial charge on any atom is -0.310 e. The lowest BCUT2D eigenvalue weighted by atomic mass is 9.98. The molecule has 4 heteroatoms. The first-order valence-electron chi connectivity index (χ1n) is 7.03. The van der Waals surface area contributed by atoms with E-state index in [4.69, 9.17) is 0 Å². The van der Waals surface area contributed by atoms with E-state index in [9.17, 15) is 4.39 Å². The van der Waals surface area contributed by atoms with Gasteiger partial charge in [-0.25, -0.2) is 4.39 Å². The molecule has 0 bridgehead atoms. The lowest BCUT2D eigenvalue weighted by molar-refractivity contribution is 0.527. The quantitative estimate of drug-likeness (QED) is 0.645. The van der Waals surface area contributed by atoms with E-state index in [2.05, 4.69) is 56.2 Å². The average Bonchev–Trinajstić information content (AvgIpc) is 2.45. The molecule has 0 amide bonds. The molecule has 0 radical (unpaired) electrons. The van der Waals surface area contributed by atoms with Crippen LogP contribution >= 0.6 is 31.9 Å². The zero-order valence-corrected chi connectivity index (χ0v) is 15.0. The predicted octanol–water partition coefficient (Wildman–Crippen LogP) is 5.63. The summed E-state index contributed by atoms with van der Waals surface area (Å²) in [6.45, 7) is 3.11. The second kappa shape index (κ2) is 8.06. The Labute approximate surface area is 142 Å². The van der Waals surface area contributed by atoms with Gasteiger partial charge in [0.2, 0.25) is 0 Å². The van der Waals surface area contributed by atoms with Crippen molar-refractivity contribution >= 4 is 31.9 Å². The second-order valence-corrected chi connectivity index (χ2v) is 6.77. The molecule has 0 fully saturated rings. The van der Waals surface area contributed by atoms with E-state index in [1.807, 2.05) is 18.2 Å². The average molecular weight is 415 g/mol. The van der Waals surface area contributed by atoms with Crippen molar-refractivity contribution in [2.45, 2.75) is 25.8 Å². The maximum atomic E-state index is 13.2. The Morgan fingerprint density at radius 1 is 1.14 bits per heavy atom. The third kappa shape index (κ3) is 4.90. The van der Waals surface area contributed by atoms with Gasteiger partial charge in [0, 0.05) is 15.0 Å². The van der Waals surface area contributed by atoms with Crippen LogP contribution in [0.4, 0.5) is 4.39 Å². The van der Waals surface area contributed by atoms with Gasteiger partial charge in [0.15, 0.2) is 0 Å². The number of benzene rings is 2. The van der Waals surface area contributed by atoms with Crippen LogP contribution in [0.15, 0.2) is 51.4 Å². The van der Waals surface area contributed by atoms with Crippen molar-refractivity contribution in [1.82, 2.24) is 5.32 Å². The Hall–Kier alpha value is -0.710. The van der Waals surface area contributed by atoms with Crippen molar-refractivity contribution < 1.29 is 4.39 Å². The molecule has 1 N–H and O–H groups in total. The van der Waals surface area contributed by atoms with Crippen LogP contribution in [-0.4, -0.2) is 6.54 Å². The summed E-state index contributed by atoms with van der Waals surface area (Å²) in [5, 5.41) is 3.57. The van der Waals surface area contributed by atoms with Gasteiger partial charge in [-0.2, -0.15) is 0 Å². The Bertz CT molecular complexity index is 601. The van der Waals surface area contributed by atoms with Crippen LogP contribution in [0.2, 0.25) is 0 Å². The van der Waals surface area contributed by atoms with E-state index in [1.54, 1.807) is 0 Å². The molecule has 2 aromatic carbocycles. The van der Waals surface area contributed by atoms with Gasteiger partial charge < -0.3 is 5.32 Å². The maximum absolute atomic E-state index is 13.2. The Kier molecular flexibility index (Phi) is 6.40. The molecule has 0 aliphatic rings. The van der Waals surface area contributed by atoms with Crippen molar-refractivity contribution in [2.24, 2.45) is 0 Å². The highest BCUT2D eigenvalue weighted by atomic mass is 79.9. The highest BCUT2D eigenvalue weighted by Gasteiger charge is 2.14. The van der Waals surface area contributed by atoms with E-state index >= 15 is 0 Å². The van der Waals surface area contributed by atoms with Gasteiger partial charge in [-0.05, 0) is 54.8 Å². The molecule has 0 saturated carbocycles. The normalized spacial score (nSPS) is 12.4. The summed E-state index contributed by atoms with van der Waals surface area (Å²) >= 11 is 6.98. The van der Waals surface area contributed by atoms with Gasteiger partial charge in [0.1, 0.15) is 5.82 Å². The van der Waals surface area contributed by atoms with Crippen molar-refractivity contribution in [3.8, 4) is 0 Å². The fraction of sp³-hybridized carbons (Fsp3) is 0.294. The summed E-state index contributed by atoms with van der Waals surface area (Å²) in [4.78, 5) is 0. The lowest BCUT2D eigenvalue weighted by Crippen LogP contribution is -2.24. The minimum absolute atomic E-state index is 0.212. The molecule has 1 unspecified atom stereocenters. The number of nitrogens with one attached hydrogen (secondary N) is 1. The molecule has 0 heterocycles. The van der Waals surface area contributed by atoms with Crippen molar-refractivity contribution in [1.29, 1.82) is 0 Å². The molecule has 2 aromatic rings. The van der Waals surface area contributed by atoms with Crippen LogP contribution < -0.4 is 5.32 Å². The van der Waals surface area contributed by atoms with E-state index in [0.29, 0.717) is 0 Å². The highest BCUT2D eigenvalue weighted by Crippen LogP contribution is 2.26. The molecule has 1 atom stereocenters. The maximum Gasteiger partial charge on any atom is 0.124 e. The Morgan fingerprint density at radius 2 is 1.95 bits per heavy atom. The SMILES string of the molecule is CCCNC(Cc1ccc(F)cc1Br)c1cccc(Br)c1. The standard InChI is InChI=1S/C17H18Br2FN/c1-2-8-21-17(13-4-3-5-14(18)9-13)10-12-6-7-15(20)11-16(12)19/h3-7,9,11,17,21H,2,8,10H2,1H3. The van der Waals surface area contributed by atoms with Crippen LogP contribution in [0.5, 0.6) is 0 Å². The molecule has 0 spiro atoms. The van der Waals surface area contributed by atoms with Crippen molar-refractivity contribution in [2.75, 3.05) is 6.54 Å². The molecule has 21 heavy (non-hydrogen) atoms. The smallest absolute Gasteiger partial charge is 0.124 e. The predicted molar refractivity (Wildman–Crippen MR) is 93.0 cm³/mol. The molecule has 112 valence electrons. The van der Waals surface area contributed by atoms with Gasteiger partial charge in [-0.1, -0.05) is 57.0 Å². The first-order chi connectivity index (χ1) is 10.1. The van der Waals surface area contributed by atoms with Crippen molar-refractivity contribution in [3.63, 3.8) is 0 Å². The molecule has 2 rings (SSSR count). The Balaban J connectivity index is 2.23. The van der Waals surface area contributed by atoms with E-state index in [0.717, 1.165) is 33.9 Å². The largest absolute Gasteiger partial charge is 0.310 e. The molecular formula is C17H18Br2FN. The molecule has 0 aliphatic heterocycles. The highest BCUT2D eigenvalue weighted by molar-refractivity contribution is 9.10. The summed E-state index contributed by atoms with van der Waals surface area (Å²) < 4.78 is 15.1. The van der Waals surface area contributed by atoms with E-state index in [-0.39, 0.29) is 11.9 Å². The third-order valence-corrected chi connectivity index (χ3v) is 4.56. The third-order valence-electron chi connectivity index (χ3n) is 3.33. The summed E-state index contributed by atoms with van der Waals surface area (Å²) in [6.07, 6.45) is 1.90. The van der Waals surface area contributed by atoms with Crippen LogP contribution in [0.3, 0.4) is 0 Å². The fourth-order valence-electron chi connectivity index (χ4n) is 2.26. The second-order valence-electron chi connectivity index (χ2n) is 5.00. The number of rotatable bonds is 6. The summed E-state index contributed by atoms with van der Waals surface area (Å²) in [5.74, 6) is -0.217. The summed E-state index contributed by atoms with van der Waals surface area (Å²) in [7, 11) is 0. The van der Waals surface area contributed by atoms with Crippen molar-refractivity contribution in [3.05, 3.63) is 68.4 Å². The lowest BCUT2D eigenvalue weighted by Gasteiger charge is -2.20. The topological polar surface area (TPSA) is 12.0 Å². The van der Waals surface area contributed by atoms with Gasteiger partial charge in [0.05, 0.1) is 0 Å². The van der Waals surface area contributed by atoms with Crippen LogP contribution in [0.1, 0.15) is 30.5 Å².